The van der Waals surface area contributed by atoms with E-state index < -0.39 is 35.2 Å². The maximum absolute atomic E-state index is 12.9. The van der Waals surface area contributed by atoms with Crippen LogP contribution < -0.4 is 10.6 Å². The number of nitrogens with zero attached hydrogens (tertiary/aromatic N) is 1. The summed E-state index contributed by atoms with van der Waals surface area (Å²) in [5, 5.41) is 4.71. The van der Waals surface area contributed by atoms with E-state index in [-0.39, 0.29) is 17.6 Å². The van der Waals surface area contributed by atoms with Crippen LogP contribution in [0.1, 0.15) is 44.7 Å². The Balaban J connectivity index is 2.06. The molecule has 1 saturated heterocycles. The lowest BCUT2D eigenvalue weighted by molar-refractivity contribution is -0.143. The van der Waals surface area contributed by atoms with Crippen molar-refractivity contribution < 1.29 is 31.1 Å². The highest BCUT2D eigenvalue weighted by Gasteiger charge is 2.37. The molecule has 1 fully saturated rings. The van der Waals surface area contributed by atoms with Crippen LogP contribution in [0, 0.1) is 0 Å². The molecule has 0 aliphatic carbocycles. The summed E-state index contributed by atoms with van der Waals surface area (Å²) in [6.07, 6.45) is -8.65. The molecule has 1 heterocycles. The number of benzene rings is 1. The summed E-state index contributed by atoms with van der Waals surface area (Å²) in [7, 11) is 0. The third-order valence-electron chi connectivity index (χ3n) is 4.62. The number of halogens is 6. The van der Waals surface area contributed by atoms with Gasteiger partial charge in [-0.1, -0.05) is 0 Å². The van der Waals surface area contributed by atoms with Gasteiger partial charge in [-0.05, 0) is 51.8 Å². The topological polar surface area (TPSA) is 44.4 Å². The van der Waals surface area contributed by atoms with Gasteiger partial charge < -0.3 is 10.6 Å². The smallest absolute Gasteiger partial charge is 0.335 e. The number of nitrogens with one attached hydrogen (secondary N) is 2. The number of likely N-dealkylation sites (tertiary alicyclic amines) is 1. The van der Waals surface area contributed by atoms with Crippen LogP contribution in [0.3, 0.4) is 0 Å². The van der Waals surface area contributed by atoms with Gasteiger partial charge in [0.1, 0.15) is 0 Å². The van der Waals surface area contributed by atoms with E-state index in [0.29, 0.717) is 25.0 Å². The minimum Gasteiger partial charge on any atom is -0.335 e. The van der Waals surface area contributed by atoms with E-state index in [1.165, 1.54) is 0 Å². The number of alkyl halides is 6. The first-order chi connectivity index (χ1) is 12.7. The van der Waals surface area contributed by atoms with Crippen molar-refractivity contribution in [1.82, 2.24) is 10.2 Å². The largest absolute Gasteiger partial charge is 0.416 e. The van der Waals surface area contributed by atoms with Crippen LogP contribution in [-0.2, 0) is 12.4 Å². The molecule has 2 amide bonds. The molecule has 28 heavy (non-hydrogen) atoms. The first kappa shape index (κ1) is 22.3. The summed E-state index contributed by atoms with van der Waals surface area (Å²) in [5.41, 5.74) is -3.53. The second kappa shape index (κ2) is 7.81. The normalized spacial score (nSPS) is 17.5. The minimum absolute atomic E-state index is 0.0146. The fraction of sp³-hybridized carbons (Fsp3) is 0.611. The molecular weight excluding hydrogens is 388 g/mol. The molecule has 0 saturated carbocycles. The summed E-state index contributed by atoms with van der Waals surface area (Å²) in [4.78, 5) is 14.3. The number of rotatable bonds is 2. The van der Waals surface area contributed by atoms with E-state index >= 15 is 0 Å². The quantitative estimate of drug-likeness (QED) is 0.665. The summed E-state index contributed by atoms with van der Waals surface area (Å²) < 4.78 is 77.3. The minimum atomic E-state index is -4.96. The maximum atomic E-state index is 12.9. The maximum Gasteiger partial charge on any atom is 0.416 e. The second-order valence-corrected chi connectivity index (χ2v) is 7.83. The van der Waals surface area contributed by atoms with Crippen molar-refractivity contribution in [3.63, 3.8) is 0 Å². The average Bonchev–Trinajstić information content (AvgIpc) is 2.52. The van der Waals surface area contributed by atoms with Crippen molar-refractivity contribution >= 4 is 11.7 Å². The third kappa shape index (κ3) is 6.02. The van der Waals surface area contributed by atoms with Crippen LogP contribution >= 0.6 is 0 Å². The molecule has 0 bridgehead atoms. The van der Waals surface area contributed by atoms with E-state index in [1.807, 2.05) is 0 Å². The number of carbonyl (C=O) groups is 1. The van der Waals surface area contributed by atoms with Crippen molar-refractivity contribution in [3.05, 3.63) is 29.3 Å². The zero-order valence-corrected chi connectivity index (χ0v) is 15.8. The number of carbonyl (C=O) groups excluding carboxylic acids is 1. The Morgan fingerprint density at radius 2 is 1.39 bits per heavy atom. The Hall–Kier alpha value is -1.97. The highest BCUT2D eigenvalue weighted by molar-refractivity contribution is 5.89. The standard InChI is InChI=1S/C18H23F6N3O/c1-16(2,3)27-6-4-13(5-7-27)25-15(28)26-14-9-11(17(19,20)21)8-12(10-14)18(22,23)24/h8-10,13H,4-7H2,1-3H3,(H2,25,26,28). The molecule has 4 nitrogen and oxygen atoms in total. The number of amides is 2. The second-order valence-electron chi connectivity index (χ2n) is 7.83. The zero-order valence-electron chi connectivity index (χ0n) is 15.8. The molecule has 10 heteroatoms. The van der Waals surface area contributed by atoms with Gasteiger partial charge in [-0.25, -0.2) is 4.79 Å². The fourth-order valence-corrected chi connectivity index (χ4v) is 3.07. The Morgan fingerprint density at radius 1 is 0.929 bits per heavy atom. The van der Waals surface area contributed by atoms with E-state index in [0.717, 1.165) is 13.1 Å². The van der Waals surface area contributed by atoms with Crippen LogP contribution in [0.15, 0.2) is 18.2 Å². The Bertz CT molecular complexity index is 668. The van der Waals surface area contributed by atoms with Crippen molar-refractivity contribution in [2.24, 2.45) is 0 Å². The monoisotopic (exact) mass is 411 g/mol. The van der Waals surface area contributed by atoms with Crippen molar-refractivity contribution in [2.75, 3.05) is 18.4 Å². The Labute approximate surface area is 159 Å². The highest BCUT2D eigenvalue weighted by Crippen LogP contribution is 2.37. The third-order valence-corrected chi connectivity index (χ3v) is 4.62. The Morgan fingerprint density at radius 3 is 1.79 bits per heavy atom. The van der Waals surface area contributed by atoms with Gasteiger partial charge in [0.05, 0.1) is 11.1 Å². The molecular formula is C18H23F6N3O. The van der Waals surface area contributed by atoms with Crippen molar-refractivity contribution in [2.45, 2.75) is 57.5 Å². The first-order valence-corrected chi connectivity index (χ1v) is 8.78. The summed E-state index contributed by atoms with van der Waals surface area (Å²) in [6.45, 7) is 7.67. The first-order valence-electron chi connectivity index (χ1n) is 8.78. The van der Waals surface area contributed by atoms with Gasteiger partial charge in [-0.3, -0.25) is 4.90 Å². The van der Waals surface area contributed by atoms with Gasteiger partial charge in [0.15, 0.2) is 0 Å². The molecule has 1 aliphatic heterocycles. The zero-order chi connectivity index (χ0) is 21.3. The lowest BCUT2D eigenvalue weighted by atomic mass is 9.98. The Kier molecular flexibility index (Phi) is 6.22. The summed E-state index contributed by atoms with van der Waals surface area (Å²) >= 11 is 0. The predicted octanol–water partition coefficient (Wildman–Crippen LogP) is 5.11. The number of anilines is 1. The molecule has 0 atom stereocenters. The molecule has 0 unspecified atom stereocenters. The number of piperidine rings is 1. The van der Waals surface area contributed by atoms with Gasteiger partial charge in [0, 0.05) is 30.4 Å². The van der Waals surface area contributed by atoms with Gasteiger partial charge in [-0.2, -0.15) is 26.3 Å². The van der Waals surface area contributed by atoms with Gasteiger partial charge in [0.25, 0.3) is 0 Å². The number of hydrogen-bond donors (Lipinski definition) is 2. The summed E-state index contributed by atoms with van der Waals surface area (Å²) in [6, 6.07) is -0.0486. The van der Waals surface area contributed by atoms with Crippen molar-refractivity contribution in [1.29, 1.82) is 0 Å². The van der Waals surface area contributed by atoms with Gasteiger partial charge >= 0.3 is 18.4 Å². The number of hydrogen-bond acceptors (Lipinski definition) is 2. The molecule has 2 N–H and O–H groups in total. The molecule has 2 rings (SSSR count). The van der Waals surface area contributed by atoms with Crippen LogP contribution in [-0.4, -0.2) is 35.6 Å². The van der Waals surface area contributed by atoms with Crippen LogP contribution in [0.4, 0.5) is 36.8 Å². The molecule has 0 spiro atoms. The summed E-state index contributed by atoms with van der Waals surface area (Å²) in [5.74, 6) is 0. The molecule has 0 radical (unpaired) electrons. The predicted molar refractivity (Wildman–Crippen MR) is 92.9 cm³/mol. The highest BCUT2D eigenvalue weighted by atomic mass is 19.4. The van der Waals surface area contributed by atoms with E-state index in [4.69, 9.17) is 0 Å². The molecule has 0 aromatic heterocycles. The lowest BCUT2D eigenvalue weighted by Crippen LogP contribution is -2.51. The molecule has 158 valence electrons. The molecule has 1 aromatic carbocycles. The van der Waals surface area contributed by atoms with Crippen molar-refractivity contribution in [3.8, 4) is 0 Å². The number of urea groups is 1. The SMILES string of the molecule is CC(C)(C)N1CCC(NC(=O)Nc2cc(C(F)(F)F)cc(C(F)(F)F)c2)CC1. The van der Waals surface area contributed by atoms with E-state index in [1.54, 1.807) is 0 Å². The van der Waals surface area contributed by atoms with Crippen LogP contribution in [0.25, 0.3) is 0 Å². The average molecular weight is 411 g/mol. The van der Waals surface area contributed by atoms with E-state index in [9.17, 15) is 31.1 Å². The van der Waals surface area contributed by atoms with Crippen LogP contribution in [0.5, 0.6) is 0 Å². The van der Waals surface area contributed by atoms with Gasteiger partial charge in [0.2, 0.25) is 0 Å². The van der Waals surface area contributed by atoms with Gasteiger partial charge in [-0.15, -0.1) is 0 Å². The fourth-order valence-electron chi connectivity index (χ4n) is 3.07. The lowest BCUT2D eigenvalue weighted by Gasteiger charge is -2.41. The van der Waals surface area contributed by atoms with Crippen LogP contribution in [0.2, 0.25) is 0 Å². The molecule has 1 aliphatic rings. The van der Waals surface area contributed by atoms with E-state index in [2.05, 4.69) is 36.3 Å². The molecule has 1 aromatic rings.